The molecular formula is C10H10FN3OS. The minimum Gasteiger partial charge on any atom is -0.430 e. The van der Waals surface area contributed by atoms with Crippen molar-refractivity contribution in [2.75, 3.05) is 7.05 Å². The minimum absolute atomic E-state index is 0.336. The van der Waals surface area contributed by atoms with Gasteiger partial charge in [-0.25, -0.2) is 4.39 Å². The quantitative estimate of drug-likeness (QED) is 0.888. The largest absolute Gasteiger partial charge is 0.430 e. The maximum Gasteiger partial charge on any atom is 0.299 e. The number of benzene rings is 1. The van der Waals surface area contributed by atoms with E-state index in [1.165, 1.54) is 23.5 Å². The summed E-state index contributed by atoms with van der Waals surface area (Å²) in [5.41, 5.74) is 0. The van der Waals surface area contributed by atoms with Crippen LogP contribution in [0.2, 0.25) is 0 Å². The Labute approximate surface area is 96.1 Å². The fourth-order valence-corrected chi connectivity index (χ4v) is 1.85. The van der Waals surface area contributed by atoms with Gasteiger partial charge in [0.1, 0.15) is 16.6 Å². The monoisotopic (exact) mass is 239 g/mol. The number of aromatic nitrogens is 2. The van der Waals surface area contributed by atoms with Crippen molar-refractivity contribution in [3.8, 4) is 10.9 Å². The topological polar surface area (TPSA) is 47.0 Å². The molecule has 0 amide bonds. The lowest BCUT2D eigenvalue weighted by Crippen LogP contribution is -2.04. The van der Waals surface area contributed by atoms with Crippen molar-refractivity contribution in [3.63, 3.8) is 0 Å². The zero-order chi connectivity index (χ0) is 11.4. The third-order valence-corrected chi connectivity index (χ3v) is 2.58. The summed E-state index contributed by atoms with van der Waals surface area (Å²) in [6, 6.07) is 5.92. The molecule has 0 aliphatic heterocycles. The standard InChI is InChI=1S/C10H10FN3OS/c1-12-6-9-13-14-10(16-9)15-8-4-2-3-7(11)5-8/h2-5,12H,6H2,1H3. The predicted octanol–water partition coefficient (Wildman–Crippen LogP) is 2.19. The molecule has 1 heterocycles. The van der Waals surface area contributed by atoms with E-state index in [0.29, 0.717) is 17.5 Å². The van der Waals surface area contributed by atoms with Crippen LogP contribution >= 0.6 is 11.3 Å². The van der Waals surface area contributed by atoms with Crippen LogP contribution in [0.1, 0.15) is 5.01 Å². The molecule has 0 spiro atoms. The molecule has 84 valence electrons. The Kier molecular flexibility index (Phi) is 3.43. The summed E-state index contributed by atoms with van der Waals surface area (Å²) < 4.78 is 18.2. The maximum absolute atomic E-state index is 12.9. The SMILES string of the molecule is CNCc1nnc(Oc2cccc(F)c2)s1. The molecule has 4 nitrogen and oxygen atoms in total. The number of halogens is 1. The molecule has 0 aliphatic carbocycles. The van der Waals surface area contributed by atoms with E-state index in [-0.39, 0.29) is 5.82 Å². The van der Waals surface area contributed by atoms with E-state index in [2.05, 4.69) is 15.5 Å². The second-order valence-electron chi connectivity index (χ2n) is 3.05. The van der Waals surface area contributed by atoms with E-state index >= 15 is 0 Å². The lowest BCUT2D eigenvalue weighted by molar-refractivity contribution is 0.467. The smallest absolute Gasteiger partial charge is 0.299 e. The number of nitrogens with one attached hydrogen (secondary N) is 1. The first kappa shape index (κ1) is 11.0. The summed E-state index contributed by atoms with van der Waals surface area (Å²) in [6.07, 6.45) is 0. The second kappa shape index (κ2) is 5.00. The van der Waals surface area contributed by atoms with Gasteiger partial charge in [0.25, 0.3) is 5.19 Å². The summed E-state index contributed by atoms with van der Waals surface area (Å²) in [4.78, 5) is 0. The lowest BCUT2D eigenvalue weighted by Gasteiger charge is -1.99. The van der Waals surface area contributed by atoms with Crippen LogP contribution < -0.4 is 10.1 Å². The van der Waals surface area contributed by atoms with Crippen molar-refractivity contribution in [1.82, 2.24) is 15.5 Å². The Balaban J connectivity index is 2.08. The van der Waals surface area contributed by atoms with Gasteiger partial charge in [0.05, 0.1) is 0 Å². The summed E-state index contributed by atoms with van der Waals surface area (Å²) in [6.45, 7) is 0.643. The molecule has 1 N–H and O–H groups in total. The normalized spacial score (nSPS) is 10.4. The van der Waals surface area contributed by atoms with Gasteiger partial charge in [-0.05, 0) is 19.2 Å². The predicted molar refractivity (Wildman–Crippen MR) is 59.1 cm³/mol. The van der Waals surface area contributed by atoms with Gasteiger partial charge >= 0.3 is 0 Å². The fourth-order valence-electron chi connectivity index (χ4n) is 1.13. The van der Waals surface area contributed by atoms with E-state index in [1.54, 1.807) is 12.1 Å². The first-order chi connectivity index (χ1) is 7.78. The van der Waals surface area contributed by atoms with Gasteiger partial charge in [-0.3, -0.25) is 0 Å². The van der Waals surface area contributed by atoms with Crippen LogP contribution in [-0.2, 0) is 6.54 Å². The highest BCUT2D eigenvalue weighted by Gasteiger charge is 2.05. The van der Waals surface area contributed by atoms with E-state index in [4.69, 9.17) is 4.74 Å². The van der Waals surface area contributed by atoms with Crippen molar-refractivity contribution in [1.29, 1.82) is 0 Å². The molecule has 0 unspecified atom stereocenters. The van der Waals surface area contributed by atoms with Crippen LogP contribution in [0.5, 0.6) is 10.9 Å². The molecule has 0 saturated heterocycles. The van der Waals surface area contributed by atoms with Crippen LogP contribution in [0.3, 0.4) is 0 Å². The van der Waals surface area contributed by atoms with Gasteiger partial charge in [-0.1, -0.05) is 22.5 Å². The Morgan fingerprint density at radius 3 is 3.06 bits per heavy atom. The van der Waals surface area contributed by atoms with Crippen LogP contribution in [0.15, 0.2) is 24.3 Å². The fraction of sp³-hybridized carbons (Fsp3) is 0.200. The summed E-state index contributed by atoms with van der Waals surface area (Å²) >= 11 is 1.33. The molecule has 6 heteroatoms. The van der Waals surface area contributed by atoms with Gasteiger partial charge in [-0.15, -0.1) is 5.10 Å². The van der Waals surface area contributed by atoms with Crippen LogP contribution in [0.25, 0.3) is 0 Å². The third kappa shape index (κ3) is 2.74. The molecule has 0 fully saturated rings. The van der Waals surface area contributed by atoms with Gasteiger partial charge in [0, 0.05) is 12.6 Å². The Bertz CT molecular complexity index is 475. The van der Waals surface area contributed by atoms with Crippen molar-refractivity contribution < 1.29 is 9.13 Å². The van der Waals surface area contributed by atoms with Gasteiger partial charge in [0.2, 0.25) is 0 Å². The van der Waals surface area contributed by atoms with Crippen molar-refractivity contribution in [2.24, 2.45) is 0 Å². The van der Waals surface area contributed by atoms with Crippen LogP contribution in [-0.4, -0.2) is 17.2 Å². The van der Waals surface area contributed by atoms with E-state index in [1.807, 2.05) is 7.05 Å². The second-order valence-corrected chi connectivity index (χ2v) is 4.08. The number of rotatable bonds is 4. The van der Waals surface area contributed by atoms with Gasteiger partial charge in [0.15, 0.2) is 0 Å². The highest BCUT2D eigenvalue weighted by Crippen LogP contribution is 2.25. The molecule has 0 bridgehead atoms. The number of hydrogen-bond donors (Lipinski definition) is 1. The van der Waals surface area contributed by atoms with Crippen molar-refractivity contribution >= 4 is 11.3 Å². The zero-order valence-electron chi connectivity index (χ0n) is 8.61. The van der Waals surface area contributed by atoms with Crippen molar-refractivity contribution in [3.05, 3.63) is 35.1 Å². The first-order valence-electron chi connectivity index (χ1n) is 4.68. The number of nitrogens with zero attached hydrogens (tertiary/aromatic N) is 2. The molecule has 1 aromatic heterocycles. The molecule has 1 aromatic carbocycles. The minimum atomic E-state index is -0.336. The number of ether oxygens (including phenoxy) is 1. The first-order valence-corrected chi connectivity index (χ1v) is 5.50. The molecule has 0 atom stereocenters. The van der Waals surface area contributed by atoms with Gasteiger partial charge in [-0.2, -0.15) is 0 Å². The van der Waals surface area contributed by atoms with E-state index < -0.39 is 0 Å². The van der Waals surface area contributed by atoms with E-state index in [0.717, 1.165) is 5.01 Å². The number of hydrogen-bond acceptors (Lipinski definition) is 5. The highest BCUT2D eigenvalue weighted by atomic mass is 32.1. The average molecular weight is 239 g/mol. The lowest BCUT2D eigenvalue weighted by atomic mass is 10.3. The third-order valence-electron chi connectivity index (χ3n) is 1.78. The van der Waals surface area contributed by atoms with Crippen LogP contribution in [0.4, 0.5) is 4.39 Å². The van der Waals surface area contributed by atoms with Crippen LogP contribution in [0, 0.1) is 5.82 Å². The average Bonchev–Trinajstić information content (AvgIpc) is 2.66. The summed E-state index contributed by atoms with van der Waals surface area (Å²) in [5, 5.41) is 12.0. The molecule has 2 rings (SSSR count). The molecule has 0 saturated carbocycles. The Morgan fingerprint density at radius 1 is 1.44 bits per heavy atom. The Hall–Kier alpha value is -1.53. The molecule has 0 aliphatic rings. The van der Waals surface area contributed by atoms with E-state index in [9.17, 15) is 4.39 Å². The van der Waals surface area contributed by atoms with Crippen molar-refractivity contribution in [2.45, 2.75) is 6.54 Å². The highest BCUT2D eigenvalue weighted by molar-refractivity contribution is 7.13. The molecular weight excluding hydrogens is 229 g/mol. The Morgan fingerprint density at radius 2 is 2.31 bits per heavy atom. The molecule has 0 radical (unpaired) electrons. The summed E-state index contributed by atoms with van der Waals surface area (Å²) in [7, 11) is 1.83. The zero-order valence-corrected chi connectivity index (χ0v) is 9.42. The maximum atomic E-state index is 12.9. The van der Waals surface area contributed by atoms with Gasteiger partial charge < -0.3 is 10.1 Å². The molecule has 2 aromatic rings. The molecule has 16 heavy (non-hydrogen) atoms. The summed E-state index contributed by atoms with van der Waals surface area (Å²) in [5.74, 6) is 0.0876.